The van der Waals surface area contributed by atoms with Crippen molar-refractivity contribution in [1.82, 2.24) is 4.98 Å². The second-order valence-electron chi connectivity index (χ2n) is 11.4. The van der Waals surface area contributed by atoms with Gasteiger partial charge in [-0.25, -0.2) is 0 Å². The van der Waals surface area contributed by atoms with Gasteiger partial charge in [-0.1, -0.05) is 89.6 Å². The first-order chi connectivity index (χ1) is 20.2. The summed E-state index contributed by atoms with van der Waals surface area (Å²) in [5.74, 6) is 0.547. The molecule has 5 rings (SSSR count). The smallest absolute Gasteiger partial charge is 0.162 e. The maximum Gasteiger partial charge on any atom is 0.162 e. The molecule has 3 nitrogen and oxygen atoms in total. The minimum absolute atomic E-state index is 0. The summed E-state index contributed by atoms with van der Waals surface area (Å²) in [5, 5.41) is 17.3. The van der Waals surface area contributed by atoms with Gasteiger partial charge in [-0.15, -0.1) is 34.9 Å². The van der Waals surface area contributed by atoms with Crippen LogP contribution in [0.25, 0.3) is 43.6 Å². The Bertz CT molecular complexity index is 1730. The molecule has 1 N–H and O–H groups in total. The second kappa shape index (κ2) is 15.4. The number of ketones is 1. The number of nitrogens with zero attached hydrogens (tertiary/aromatic N) is 1. The number of hydrogen-bond acceptors (Lipinski definition) is 3. The van der Waals surface area contributed by atoms with E-state index in [2.05, 4.69) is 87.5 Å². The van der Waals surface area contributed by atoms with Crippen molar-refractivity contribution in [1.29, 1.82) is 0 Å². The maximum atomic E-state index is 11.7. The van der Waals surface area contributed by atoms with Gasteiger partial charge in [-0.05, 0) is 76.7 Å². The fourth-order valence-electron chi connectivity index (χ4n) is 6.02. The van der Waals surface area contributed by atoms with Gasteiger partial charge in [0.05, 0.1) is 5.76 Å². The Morgan fingerprint density at radius 3 is 1.98 bits per heavy atom. The number of fused-ring (bicyclic) bond motifs is 6. The van der Waals surface area contributed by atoms with E-state index in [1.165, 1.54) is 49.5 Å². The van der Waals surface area contributed by atoms with Gasteiger partial charge in [0.25, 0.3) is 0 Å². The number of carbonyl (C=O) groups excluding carboxylic acids is 1. The van der Waals surface area contributed by atoms with Crippen molar-refractivity contribution in [3.05, 3.63) is 101 Å². The van der Waals surface area contributed by atoms with Crippen LogP contribution in [0, 0.1) is 38.7 Å². The van der Waals surface area contributed by atoms with E-state index in [4.69, 9.17) is 4.98 Å². The van der Waals surface area contributed by atoms with Crippen molar-refractivity contribution < 1.29 is 30.0 Å². The Kier molecular flexibility index (Phi) is 12.2. The van der Waals surface area contributed by atoms with Crippen LogP contribution in [0.4, 0.5) is 0 Å². The van der Waals surface area contributed by atoms with Crippen molar-refractivity contribution in [2.24, 2.45) is 11.8 Å². The van der Waals surface area contributed by atoms with Crippen LogP contribution in [0.5, 0.6) is 0 Å². The van der Waals surface area contributed by atoms with Crippen LogP contribution in [0.2, 0.25) is 0 Å². The minimum Gasteiger partial charge on any atom is -0.512 e. The van der Waals surface area contributed by atoms with Gasteiger partial charge >= 0.3 is 0 Å². The normalized spacial score (nSPS) is 11.6. The SMILES string of the molecule is CCC(CC)C(=O)/C=C(\O)C(CC)CC.Cc1[c-]c(-c2nccc3c4ccccc4c4cc(C)ccc4c23)cc(C)c1.[Ir]. The number of rotatable bonds is 8. The molecule has 0 aliphatic heterocycles. The summed E-state index contributed by atoms with van der Waals surface area (Å²) in [6, 6.07) is 25.4. The molecule has 0 unspecified atom stereocenters. The number of benzene rings is 4. The van der Waals surface area contributed by atoms with Crippen molar-refractivity contribution in [3.8, 4) is 11.3 Å². The zero-order valence-corrected chi connectivity index (χ0v) is 28.9. The molecule has 5 aromatic rings. The number of allylic oxidation sites excluding steroid dienone is 2. The molecule has 1 radical (unpaired) electrons. The summed E-state index contributed by atoms with van der Waals surface area (Å²) in [5.41, 5.74) is 5.73. The largest absolute Gasteiger partial charge is 0.512 e. The van der Waals surface area contributed by atoms with E-state index in [1.807, 2.05) is 33.9 Å². The van der Waals surface area contributed by atoms with E-state index in [-0.39, 0.29) is 43.5 Å². The van der Waals surface area contributed by atoms with Crippen molar-refractivity contribution in [2.45, 2.75) is 74.1 Å². The monoisotopic (exact) mass is 751 g/mol. The first-order valence-electron chi connectivity index (χ1n) is 15.4. The molecule has 1 aromatic heterocycles. The Morgan fingerprint density at radius 1 is 0.767 bits per heavy atom. The van der Waals surface area contributed by atoms with Crippen molar-refractivity contribution >= 4 is 38.1 Å². The number of pyridine rings is 1. The average Bonchev–Trinajstić information content (AvgIpc) is 2.98. The van der Waals surface area contributed by atoms with Gasteiger partial charge in [0.15, 0.2) is 5.78 Å². The molecule has 0 fully saturated rings. The predicted octanol–water partition coefficient (Wildman–Crippen LogP) is 10.8. The molecular weight excluding hydrogens is 707 g/mol. The fraction of sp³-hybridized carbons (Fsp3) is 0.333. The van der Waals surface area contributed by atoms with E-state index in [9.17, 15) is 9.90 Å². The van der Waals surface area contributed by atoms with Crippen LogP contribution in [-0.4, -0.2) is 15.9 Å². The van der Waals surface area contributed by atoms with E-state index in [1.54, 1.807) is 0 Å². The summed E-state index contributed by atoms with van der Waals surface area (Å²) in [6.07, 6.45) is 6.83. The molecule has 0 amide bonds. The third-order valence-electron chi connectivity index (χ3n) is 8.39. The van der Waals surface area contributed by atoms with Gasteiger partial charge in [-0.3, -0.25) is 4.79 Å². The molecule has 4 aromatic carbocycles. The molecule has 0 bridgehead atoms. The summed E-state index contributed by atoms with van der Waals surface area (Å²) >= 11 is 0. The average molecular weight is 751 g/mol. The molecule has 0 spiro atoms. The van der Waals surface area contributed by atoms with E-state index in [0.717, 1.165) is 42.5 Å². The van der Waals surface area contributed by atoms with Crippen molar-refractivity contribution in [2.75, 3.05) is 0 Å². The standard InChI is InChI=1S/C26H20N.C13H24O2.Ir/c1-16-8-9-22-24(15-16)21-7-5-4-6-20(21)23-10-11-27-26(25(22)23)19-13-17(2)12-18(3)14-19;1-5-10(6-2)12(14)9-13(15)11(7-3)8-4;/h4-13,15H,1-3H3;9-11,14H,5-8H2,1-4H3;/q-1;;/b;12-9-;. The van der Waals surface area contributed by atoms with Gasteiger partial charge < -0.3 is 10.1 Å². The summed E-state index contributed by atoms with van der Waals surface area (Å²) < 4.78 is 0. The predicted molar refractivity (Wildman–Crippen MR) is 179 cm³/mol. The van der Waals surface area contributed by atoms with Gasteiger partial charge in [0, 0.05) is 44.2 Å². The summed E-state index contributed by atoms with van der Waals surface area (Å²) in [7, 11) is 0. The number of aryl methyl sites for hydroxylation is 3. The molecular formula is C39H44IrNO2-. The molecule has 0 aliphatic carbocycles. The fourth-order valence-corrected chi connectivity index (χ4v) is 6.02. The minimum atomic E-state index is 0. The van der Waals surface area contributed by atoms with Crippen LogP contribution in [-0.2, 0) is 24.9 Å². The first kappa shape index (κ1) is 34.2. The molecule has 4 heteroatoms. The van der Waals surface area contributed by atoms with Crippen LogP contribution < -0.4 is 0 Å². The first-order valence-corrected chi connectivity index (χ1v) is 15.4. The van der Waals surface area contributed by atoms with Crippen LogP contribution in [0.15, 0.2) is 78.7 Å². The van der Waals surface area contributed by atoms with Gasteiger partial charge in [0.2, 0.25) is 0 Å². The van der Waals surface area contributed by atoms with Gasteiger partial charge in [0.1, 0.15) is 0 Å². The van der Waals surface area contributed by atoms with Crippen LogP contribution in [0.3, 0.4) is 0 Å². The number of aliphatic hydroxyl groups excluding tert-OH is 1. The number of aromatic nitrogens is 1. The summed E-state index contributed by atoms with van der Waals surface area (Å²) in [6.45, 7) is 14.5. The van der Waals surface area contributed by atoms with E-state index in [0.29, 0.717) is 0 Å². The van der Waals surface area contributed by atoms with E-state index >= 15 is 0 Å². The third-order valence-corrected chi connectivity index (χ3v) is 8.39. The Hall–Kier alpha value is -3.33. The quantitative estimate of drug-likeness (QED) is 0.0744. The van der Waals surface area contributed by atoms with Crippen LogP contribution >= 0.6 is 0 Å². The number of hydrogen-bond donors (Lipinski definition) is 1. The Morgan fingerprint density at radius 2 is 1.37 bits per heavy atom. The molecule has 1 heterocycles. The molecule has 0 aliphatic rings. The molecule has 0 saturated carbocycles. The second-order valence-corrected chi connectivity index (χ2v) is 11.4. The Balaban J connectivity index is 0.000000274. The van der Waals surface area contributed by atoms with E-state index < -0.39 is 0 Å². The summed E-state index contributed by atoms with van der Waals surface area (Å²) in [4.78, 5) is 16.5. The zero-order valence-electron chi connectivity index (χ0n) is 26.5. The topological polar surface area (TPSA) is 50.2 Å². The maximum absolute atomic E-state index is 11.7. The van der Waals surface area contributed by atoms with Crippen LogP contribution in [0.1, 0.15) is 70.1 Å². The number of aliphatic hydroxyl groups is 1. The third kappa shape index (κ3) is 7.61. The Labute approximate surface area is 270 Å². The molecule has 0 saturated heterocycles. The zero-order chi connectivity index (χ0) is 30.4. The molecule has 43 heavy (non-hydrogen) atoms. The number of carbonyl (C=O) groups is 1. The molecule has 227 valence electrons. The van der Waals surface area contributed by atoms with Crippen molar-refractivity contribution in [3.63, 3.8) is 0 Å². The molecule has 0 atom stereocenters. The van der Waals surface area contributed by atoms with Gasteiger partial charge in [-0.2, -0.15) is 0 Å².